The van der Waals surface area contributed by atoms with Crippen LogP contribution >= 0.6 is 11.6 Å². The standard InChI is InChI=1S/C25H31ClFN3O5/c1-24(2,3)35-23(34)28-25(4,5)13-8-9-29(11-13)20-17(27)10-15-19(18(20)26)30(14-6-7-14)12-16(21(15)31)22(32)33/h10,12-14H,6-9,11H2,1-5H3,(H,28,34)(H,32,33). The van der Waals surface area contributed by atoms with Crippen LogP contribution in [0.4, 0.5) is 14.9 Å². The monoisotopic (exact) mass is 507 g/mol. The molecule has 1 amide bonds. The van der Waals surface area contributed by atoms with Crippen LogP contribution in [0.5, 0.6) is 0 Å². The summed E-state index contributed by atoms with van der Waals surface area (Å²) in [6.07, 6.45) is 3.15. The first-order chi connectivity index (χ1) is 16.2. The molecule has 2 heterocycles. The number of aromatic nitrogens is 1. The topological polar surface area (TPSA) is 101 Å². The van der Waals surface area contributed by atoms with Crippen LogP contribution in [0, 0.1) is 11.7 Å². The summed E-state index contributed by atoms with van der Waals surface area (Å²) in [6.45, 7) is 10.1. The number of carbonyl (C=O) groups is 2. The first-order valence-corrected chi connectivity index (χ1v) is 12.1. The van der Waals surface area contributed by atoms with Crippen LogP contribution in [0.25, 0.3) is 10.9 Å². The van der Waals surface area contributed by atoms with Gasteiger partial charge in [0.05, 0.1) is 21.6 Å². The van der Waals surface area contributed by atoms with E-state index in [9.17, 15) is 19.5 Å². The number of fused-ring (bicyclic) bond motifs is 1. The third-order valence-corrected chi connectivity index (χ3v) is 7.06. The summed E-state index contributed by atoms with van der Waals surface area (Å²) in [4.78, 5) is 38.6. The number of nitrogens with one attached hydrogen (secondary N) is 1. The highest BCUT2D eigenvalue weighted by molar-refractivity contribution is 6.38. The number of alkyl carbamates (subject to hydrolysis) is 1. The fourth-order valence-corrected chi connectivity index (χ4v) is 5.14. The summed E-state index contributed by atoms with van der Waals surface area (Å²) < 4.78 is 22.5. The van der Waals surface area contributed by atoms with E-state index in [0.29, 0.717) is 25.0 Å². The van der Waals surface area contributed by atoms with Crippen LogP contribution < -0.4 is 15.6 Å². The Bertz CT molecular complexity index is 1260. The minimum Gasteiger partial charge on any atom is -0.477 e. The molecule has 1 aromatic heterocycles. The smallest absolute Gasteiger partial charge is 0.408 e. The van der Waals surface area contributed by atoms with Crippen molar-refractivity contribution in [3.63, 3.8) is 0 Å². The van der Waals surface area contributed by atoms with E-state index in [1.807, 2.05) is 18.7 Å². The van der Waals surface area contributed by atoms with Crippen LogP contribution in [0.1, 0.15) is 70.3 Å². The summed E-state index contributed by atoms with van der Waals surface area (Å²) in [5.41, 5.74) is -1.85. The number of aromatic carboxylic acids is 1. The van der Waals surface area contributed by atoms with Crippen molar-refractivity contribution in [2.24, 2.45) is 5.92 Å². The number of benzene rings is 1. The van der Waals surface area contributed by atoms with Gasteiger partial charge in [-0.3, -0.25) is 4.79 Å². The first-order valence-electron chi connectivity index (χ1n) is 11.8. The number of nitrogens with zero attached hydrogens (tertiary/aromatic N) is 2. The Balaban J connectivity index is 1.68. The molecule has 1 saturated carbocycles. The minimum atomic E-state index is -1.35. The van der Waals surface area contributed by atoms with Crippen LogP contribution in [0.15, 0.2) is 17.1 Å². The Morgan fingerprint density at radius 3 is 2.43 bits per heavy atom. The fourth-order valence-electron chi connectivity index (χ4n) is 4.74. The lowest BCUT2D eigenvalue weighted by Gasteiger charge is -2.34. The molecule has 35 heavy (non-hydrogen) atoms. The molecule has 10 heteroatoms. The Morgan fingerprint density at radius 2 is 1.86 bits per heavy atom. The van der Waals surface area contributed by atoms with Crippen molar-refractivity contribution in [3.8, 4) is 0 Å². The summed E-state index contributed by atoms with van der Waals surface area (Å²) in [6, 6.07) is 1.12. The number of amides is 1. The van der Waals surface area contributed by atoms with Crippen molar-refractivity contribution in [3.05, 3.63) is 38.9 Å². The molecule has 4 rings (SSSR count). The summed E-state index contributed by atoms with van der Waals surface area (Å²) >= 11 is 6.75. The average molecular weight is 508 g/mol. The van der Waals surface area contributed by atoms with E-state index in [2.05, 4.69) is 5.32 Å². The highest BCUT2D eigenvalue weighted by Crippen LogP contribution is 2.43. The number of carbonyl (C=O) groups excluding carboxylic acids is 1. The SMILES string of the molecule is CC(C)(C)OC(=O)NC(C)(C)C1CCN(c2c(F)cc3c(=O)c(C(=O)O)cn(C4CC4)c3c2Cl)C1. The lowest BCUT2D eigenvalue weighted by Crippen LogP contribution is -2.51. The first kappa shape index (κ1) is 25.3. The van der Waals surface area contributed by atoms with Crippen LogP contribution in [0.2, 0.25) is 5.02 Å². The zero-order valence-electron chi connectivity index (χ0n) is 20.6. The number of carboxylic acids is 1. The molecule has 1 aliphatic carbocycles. The molecule has 1 unspecified atom stereocenters. The number of ether oxygens (including phenoxy) is 1. The number of anilines is 1. The molecule has 1 aliphatic heterocycles. The number of carboxylic acid groups (broad SMARTS) is 1. The zero-order valence-corrected chi connectivity index (χ0v) is 21.3. The maximum absolute atomic E-state index is 15.4. The van der Waals surface area contributed by atoms with Gasteiger partial charge in [-0.1, -0.05) is 11.6 Å². The molecule has 0 radical (unpaired) electrons. The second-order valence-corrected chi connectivity index (χ2v) is 11.4. The van der Waals surface area contributed by atoms with Crippen molar-refractivity contribution in [2.45, 2.75) is 71.1 Å². The molecular weight excluding hydrogens is 477 g/mol. The molecule has 0 bridgehead atoms. The fraction of sp³-hybridized carbons (Fsp3) is 0.560. The van der Waals surface area contributed by atoms with Crippen molar-refractivity contribution >= 4 is 40.3 Å². The molecule has 1 atom stereocenters. The molecule has 0 spiro atoms. The van der Waals surface area contributed by atoms with Crippen molar-refractivity contribution in [1.82, 2.24) is 9.88 Å². The lowest BCUT2D eigenvalue weighted by molar-refractivity contribution is 0.0441. The van der Waals surface area contributed by atoms with Gasteiger partial charge in [-0.2, -0.15) is 0 Å². The van der Waals surface area contributed by atoms with E-state index in [4.69, 9.17) is 16.3 Å². The zero-order chi connectivity index (χ0) is 25.9. The molecule has 1 aromatic carbocycles. The van der Waals surface area contributed by atoms with E-state index in [-0.39, 0.29) is 28.1 Å². The van der Waals surface area contributed by atoms with Crippen molar-refractivity contribution < 1.29 is 23.8 Å². The lowest BCUT2D eigenvalue weighted by atomic mass is 9.87. The van der Waals surface area contributed by atoms with Gasteiger partial charge in [-0.15, -0.1) is 0 Å². The van der Waals surface area contributed by atoms with E-state index in [1.54, 1.807) is 25.3 Å². The number of rotatable bonds is 5. The van der Waals surface area contributed by atoms with Gasteiger partial charge in [0.25, 0.3) is 0 Å². The molecular formula is C25H31ClFN3O5. The maximum Gasteiger partial charge on any atom is 0.408 e. The Kier molecular flexibility index (Phi) is 6.28. The highest BCUT2D eigenvalue weighted by atomic mass is 35.5. The van der Waals surface area contributed by atoms with E-state index >= 15 is 4.39 Å². The van der Waals surface area contributed by atoms with Gasteiger partial charge < -0.3 is 24.6 Å². The van der Waals surface area contributed by atoms with Gasteiger partial charge >= 0.3 is 12.1 Å². The van der Waals surface area contributed by atoms with Gasteiger partial charge in [0, 0.05) is 36.8 Å². The van der Waals surface area contributed by atoms with Crippen molar-refractivity contribution in [1.29, 1.82) is 0 Å². The molecule has 1 saturated heterocycles. The predicted molar refractivity (Wildman–Crippen MR) is 132 cm³/mol. The van der Waals surface area contributed by atoms with Gasteiger partial charge in [0.15, 0.2) is 0 Å². The summed E-state index contributed by atoms with van der Waals surface area (Å²) in [5.74, 6) is -2.04. The Hall–Kier alpha value is -2.81. The van der Waals surface area contributed by atoms with Crippen molar-refractivity contribution in [2.75, 3.05) is 18.0 Å². The number of halogens is 2. The average Bonchev–Trinajstić information content (AvgIpc) is 3.43. The third kappa shape index (κ3) is 4.96. The number of hydrogen-bond donors (Lipinski definition) is 2. The second-order valence-electron chi connectivity index (χ2n) is 11.0. The van der Waals surface area contributed by atoms with E-state index < -0.39 is 40.0 Å². The van der Waals surface area contributed by atoms with E-state index in [0.717, 1.165) is 18.9 Å². The van der Waals surface area contributed by atoms with Crippen LogP contribution in [-0.2, 0) is 4.74 Å². The molecule has 2 aromatic rings. The quantitative estimate of drug-likeness (QED) is 0.593. The summed E-state index contributed by atoms with van der Waals surface area (Å²) in [5, 5.41) is 12.4. The molecule has 2 aliphatic rings. The molecule has 190 valence electrons. The third-order valence-electron chi connectivity index (χ3n) is 6.70. The summed E-state index contributed by atoms with van der Waals surface area (Å²) in [7, 11) is 0. The number of pyridine rings is 1. The second kappa shape index (κ2) is 8.69. The Morgan fingerprint density at radius 1 is 1.20 bits per heavy atom. The maximum atomic E-state index is 15.4. The molecule has 8 nitrogen and oxygen atoms in total. The Labute approximate surface area is 208 Å². The van der Waals surface area contributed by atoms with Gasteiger partial charge in [0.1, 0.15) is 17.0 Å². The van der Waals surface area contributed by atoms with Crippen LogP contribution in [-0.4, -0.2) is 46.0 Å². The molecule has 2 N–H and O–H groups in total. The minimum absolute atomic E-state index is 0.0128. The van der Waals surface area contributed by atoms with Gasteiger partial charge in [0.2, 0.25) is 5.43 Å². The van der Waals surface area contributed by atoms with Crippen LogP contribution in [0.3, 0.4) is 0 Å². The number of hydrogen-bond acceptors (Lipinski definition) is 5. The normalized spacial score (nSPS) is 18.7. The highest BCUT2D eigenvalue weighted by Gasteiger charge is 2.39. The predicted octanol–water partition coefficient (Wildman–Crippen LogP) is 4.96. The van der Waals surface area contributed by atoms with Gasteiger partial charge in [-0.05, 0) is 59.9 Å². The molecule has 2 fully saturated rings. The van der Waals surface area contributed by atoms with Gasteiger partial charge in [-0.25, -0.2) is 14.0 Å². The van der Waals surface area contributed by atoms with E-state index in [1.165, 1.54) is 6.20 Å². The largest absolute Gasteiger partial charge is 0.477 e.